The van der Waals surface area contributed by atoms with Crippen molar-refractivity contribution in [1.29, 1.82) is 0 Å². The van der Waals surface area contributed by atoms with Crippen molar-refractivity contribution in [3.8, 4) is 0 Å². The zero-order chi connectivity index (χ0) is 8.65. The Morgan fingerprint density at radius 3 is 2.27 bits per heavy atom. The molecule has 0 aromatic heterocycles. The number of hydrogen-bond donors (Lipinski definition) is 1. The molecule has 1 aliphatic carbocycles. The summed E-state index contributed by atoms with van der Waals surface area (Å²) < 4.78 is 4.85. The minimum absolute atomic E-state index is 0.250. The summed E-state index contributed by atoms with van der Waals surface area (Å²) in [5.74, 6) is 0.281. The van der Waals surface area contributed by atoms with Crippen LogP contribution in [0.25, 0.3) is 0 Å². The fourth-order valence-corrected chi connectivity index (χ4v) is 1.44. The Kier molecular flexibility index (Phi) is 1.92. The molecule has 0 aromatic carbocycles. The van der Waals surface area contributed by atoms with Gasteiger partial charge in [0.2, 0.25) is 0 Å². The average Bonchev–Trinajstić information content (AvgIpc) is 2.43. The molecule has 1 saturated carbocycles. The smallest absolute Gasteiger partial charge is 0.326 e. The van der Waals surface area contributed by atoms with E-state index in [0.29, 0.717) is 6.61 Å². The third kappa shape index (κ3) is 1.03. The molecular formula is C8H15NO2. The molecular weight excluding hydrogens is 142 g/mol. The van der Waals surface area contributed by atoms with Gasteiger partial charge in [0.05, 0.1) is 6.61 Å². The van der Waals surface area contributed by atoms with E-state index in [4.69, 9.17) is 10.5 Å². The van der Waals surface area contributed by atoms with Crippen LogP contribution in [-0.4, -0.2) is 18.1 Å². The van der Waals surface area contributed by atoms with Crippen molar-refractivity contribution in [2.45, 2.75) is 26.3 Å². The number of rotatable bonds is 2. The van der Waals surface area contributed by atoms with E-state index < -0.39 is 5.54 Å². The number of hydrogen-bond acceptors (Lipinski definition) is 3. The summed E-state index contributed by atoms with van der Waals surface area (Å²) in [5.41, 5.74) is 5.10. The van der Waals surface area contributed by atoms with Gasteiger partial charge in [-0.15, -0.1) is 0 Å². The van der Waals surface area contributed by atoms with Crippen LogP contribution in [0.2, 0.25) is 0 Å². The second-order valence-corrected chi connectivity index (χ2v) is 3.23. The molecule has 0 aromatic rings. The lowest BCUT2D eigenvalue weighted by molar-refractivity contribution is -0.146. The third-order valence-corrected chi connectivity index (χ3v) is 2.78. The van der Waals surface area contributed by atoms with Crippen LogP contribution in [0.4, 0.5) is 0 Å². The number of carbonyl (C=O) groups excluding carboxylic acids is 1. The first kappa shape index (κ1) is 8.53. The molecule has 11 heavy (non-hydrogen) atoms. The predicted octanol–water partition coefficient (Wildman–Crippen LogP) is 0.533. The van der Waals surface area contributed by atoms with Crippen LogP contribution in [0.15, 0.2) is 0 Å². The Balaban J connectivity index is 2.55. The highest BCUT2D eigenvalue weighted by Gasteiger charge is 2.63. The van der Waals surface area contributed by atoms with E-state index in [-0.39, 0.29) is 17.8 Å². The predicted molar refractivity (Wildman–Crippen MR) is 41.9 cm³/mol. The molecule has 3 nitrogen and oxygen atoms in total. The van der Waals surface area contributed by atoms with Crippen LogP contribution < -0.4 is 5.73 Å². The molecule has 0 amide bonds. The third-order valence-electron chi connectivity index (χ3n) is 2.78. The van der Waals surface area contributed by atoms with Gasteiger partial charge < -0.3 is 10.5 Å². The Hall–Kier alpha value is -0.570. The first-order chi connectivity index (χ1) is 5.05. The lowest BCUT2D eigenvalue weighted by atomic mass is 10.2. The lowest BCUT2D eigenvalue weighted by Crippen LogP contribution is -2.38. The monoisotopic (exact) mass is 157 g/mol. The van der Waals surface area contributed by atoms with Gasteiger partial charge >= 0.3 is 5.97 Å². The van der Waals surface area contributed by atoms with Gasteiger partial charge in [-0.2, -0.15) is 0 Å². The molecule has 2 N–H and O–H groups in total. The Bertz CT molecular complexity index is 171. The van der Waals surface area contributed by atoms with Gasteiger partial charge in [0.1, 0.15) is 5.54 Å². The maximum absolute atomic E-state index is 11.2. The Morgan fingerprint density at radius 2 is 2.00 bits per heavy atom. The van der Waals surface area contributed by atoms with Crippen molar-refractivity contribution < 1.29 is 9.53 Å². The van der Waals surface area contributed by atoms with E-state index in [2.05, 4.69) is 0 Å². The Labute approximate surface area is 66.9 Å². The van der Waals surface area contributed by atoms with Crippen molar-refractivity contribution in [3.05, 3.63) is 0 Å². The molecule has 64 valence electrons. The van der Waals surface area contributed by atoms with E-state index in [1.54, 1.807) is 6.92 Å². The van der Waals surface area contributed by atoms with Crippen LogP contribution >= 0.6 is 0 Å². The quantitative estimate of drug-likeness (QED) is 0.595. The summed E-state index contributed by atoms with van der Waals surface area (Å²) in [5, 5.41) is 0. The molecule has 0 spiro atoms. The molecule has 0 saturated heterocycles. The molecule has 3 heteroatoms. The highest BCUT2D eigenvalue weighted by molar-refractivity contribution is 5.85. The molecule has 0 bridgehead atoms. The SMILES string of the molecule is CCOC(=O)C1(N)C(C)[C@H]1C. The molecule has 1 rings (SSSR count). The van der Waals surface area contributed by atoms with Gasteiger partial charge in [0.15, 0.2) is 0 Å². The maximum Gasteiger partial charge on any atom is 0.326 e. The minimum Gasteiger partial charge on any atom is -0.465 e. The second kappa shape index (κ2) is 2.48. The maximum atomic E-state index is 11.2. The standard InChI is InChI=1S/C8H15NO2/c1-4-11-7(10)8(9)5(2)6(8)3/h5-6H,4,9H2,1-3H3/t5-,6?,8?/m1/s1. The van der Waals surface area contributed by atoms with Crippen molar-refractivity contribution in [1.82, 2.24) is 0 Å². The van der Waals surface area contributed by atoms with Gasteiger partial charge in [-0.25, -0.2) is 0 Å². The van der Waals surface area contributed by atoms with Crippen LogP contribution in [-0.2, 0) is 9.53 Å². The van der Waals surface area contributed by atoms with Crippen LogP contribution in [0, 0.1) is 11.8 Å². The van der Waals surface area contributed by atoms with E-state index in [0.717, 1.165) is 0 Å². The number of esters is 1. The summed E-state index contributed by atoms with van der Waals surface area (Å²) in [6.45, 7) is 6.15. The molecule has 2 unspecified atom stereocenters. The summed E-state index contributed by atoms with van der Waals surface area (Å²) >= 11 is 0. The van der Waals surface area contributed by atoms with Crippen LogP contribution in [0.5, 0.6) is 0 Å². The normalized spacial score (nSPS) is 41.8. The average molecular weight is 157 g/mol. The van der Waals surface area contributed by atoms with Gasteiger partial charge in [0, 0.05) is 0 Å². The van der Waals surface area contributed by atoms with Gasteiger partial charge in [-0.05, 0) is 18.8 Å². The zero-order valence-electron chi connectivity index (χ0n) is 7.26. The van der Waals surface area contributed by atoms with Crippen molar-refractivity contribution in [3.63, 3.8) is 0 Å². The molecule has 3 atom stereocenters. The second-order valence-electron chi connectivity index (χ2n) is 3.23. The minimum atomic E-state index is -0.685. The Morgan fingerprint density at radius 1 is 1.55 bits per heavy atom. The summed E-state index contributed by atoms with van der Waals surface area (Å²) in [4.78, 5) is 11.2. The van der Waals surface area contributed by atoms with Gasteiger partial charge in [-0.3, -0.25) is 4.79 Å². The van der Waals surface area contributed by atoms with Crippen LogP contribution in [0.1, 0.15) is 20.8 Å². The lowest BCUT2D eigenvalue weighted by Gasteiger charge is -2.08. The van der Waals surface area contributed by atoms with Crippen molar-refractivity contribution in [2.24, 2.45) is 17.6 Å². The molecule has 0 aliphatic heterocycles. The number of ether oxygens (including phenoxy) is 1. The first-order valence-electron chi connectivity index (χ1n) is 4.01. The summed E-state index contributed by atoms with van der Waals surface area (Å²) in [7, 11) is 0. The van der Waals surface area contributed by atoms with E-state index in [9.17, 15) is 4.79 Å². The summed E-state index contributed by atoms with van der Waals surface area (Å²) in [6.07, 6.45) is 0. The highest BCUT2D eigenvalue weighted by atomic mass is 16.5. The largest absolute Gasteiger partial charge is 0.465 e. The van der Waals surface area contributed by atoms with E-state index in [1.807, 2.05) is 13.8 Å². The molecule has 0 heterocycles. The number of nitrogens with two attached hydrogens (primary N) is 1. The van der Waals surface area contributed by atoms with Crippen molar-refractivity contribution >= 4 is 5.97 Å². The first-order valence-corrected chi connectivity index (χ1v) is 4.01. The van der Waals surface area contributed by atoms with E-state index in [1.165, 1.54) is 0 Å². The zero-order valence-corrected chi connectivity index (χ0v) is 7.26. The molecule has 1 aliphatic rings. The fraction of sp³-hybridized carbons (Fsp3) is 0.875. The van der Waals surface area contributed by atoms with Crippen molar-refractivity contribution in [2.75, 3.05) is 6.61 Å². The molecule has 0 radical (unpaired) electrons. The summed E-state index contributed by atoms with van der Waals surface area (Å²) in [6, 6.07) is 0. The van der Waals surface area contributed by atoms with Gasteiger partial charge in [-0.1, -0.05) is 13.8 Å². The number of carbonyl (C=O) groups is 1. The topological polar surface area (TPSA) is 52.3 Å². The van der Waals surface area contributed by atoms with Gasteiger partial charge in [0.25, 0.3) is 0 Å². The highest BCUT2D eigenvalue weighted by Crippen LogP contribution is 2.48. The van der Waals surface area contributed by atoms with E-state index >= 15 is 0 Å². The van der Waals surface area contributed by atoms with Crippen LogP contribution in [0.3, 0.4) is 0 Å². The fourth-order valence-electron chi connectivity index (χ4n) is 1.44. The molecule has 1 fully saturated rings.